The van der Waals surface area contributed by atoms with Crippen LogP contribution in [0.15, 0.2) is 23.1 Å². The van der Waals surface area contributed by atoms with Crippen molar-refractivity contribution in [1.82, 2.24) is 4.31 Å². The number of carbonyl (C=O) groups excluding carboxylic acids is 2. The van der Waals surface area contributed by atoms with Crippen molar-refractivity contribution >= 4 is 21.9 Å². The molecule has 9 nitrogen and oxygen atoms in total. The Kier molecular flexibility index (Phi) is 5.98. The van der Waals surface area contributed by atoms with Gasteiger partial charge in [0, 0.05) is 13.1 Å². The molecular weight excluding hydrogens is 352 g/mol. The zero-order valence-electron chi connectivity index (χ0n) is 13.9. The molecule has 0 bridgehead atoms. The molecule has 2 N–H and O–H groups in total. The molecule has 0 aliphatic carbocycles. The number of hydrogen-bond donors (Lipinski definition) is 1. The molecule has 1 atom stereocenters. The van der Waals surface area contributed by atoms with Crippen LogP contribution >= 0.6 is 0 Å². The molecule has 0 spiro atoms. The van der Waals surface area contributed by atoms with Crippen molar-refractivity contribution in [3.8, 4) is 5.75 Å². The van der Waals surface area contributed by atoms with Gasteiger partial charge in [-0.15, -0.1) is 0 Å². The first-order valence-corrected chi connectivity index (χ1v) is 8.97. The number of sulfonamides is 1. The van der Waals surface area contributed by atoms with E-state index in [0.29, 0.717) is 13.2 Å². The summed E-state index contributed by atoms with van der Waals surface area (Å²) in [5, 5.41) is 0. The molecule has 1 aromatic rings. The lowest BCUT2D eigenvalue weighted by Gasteiger charge is -2.26. The van der Waals surface area contributed by atoms with E-state index in [-0.39, 0.29) is 29.3 Å². The Morgan fingerprint density at radius 1 is 1.28 bits per heavy atom. The molecule has 1 saturated heterocycles. The number of nitrogens with zero attached hydrogens (tertiary/aromatic N) is 1. The molecule has 0 aromatic heterocycles. The quantitative estimate of drug-likeness (QED) is 0.682. The van der Waals surface area contributed by atoms with Crippen LogP contribution in [0, 0.1) is 0 Å². The fourth-order valence-electron chi connectivity index (χ4n) is 2.22. The topological polar surface area (TPSA) is 125 Å². The zero-order chi connectivity index (χ0) is 18.6. The summed E-state index contributed by atoms with van der Waals surface area (Å²) in [6, 6.07) is 3.88. The van der Waals surface area contributed by atoms with Crippen LogP contribution in [-0.4, -0.2) is 64.1 Å². The average Bonchev–Trinajstić information content (AvgIpc) is 2.61. The van der Waals surface area contributed by atoms with Crippen molar-refractivity contribution in [1.29, 1.82) is 0 Å². The van der Waals surface area contributed by atoms with Gasteiger partial charge >= 0.3 is 5.97 Å². The monoisotopic (exact) mass is 372 g/mol. The van der Waals surface area contributed by atoms with E-state index in [0.717, 1.165) is 0 Å². The fourth-order valence-corrected chi connectivity index (χ4v) is 3.81. The van der Waals surface area contributed by atoms with E-state index in [4.69, 9.17) is 19.9 Å². The van der Waals surface area contributed by atoms with Gasteiger partial charge in [-0.2, -0.15) is 4.31 Å². The minimum absolute atomic E-state index is 0.0271. The first-order chi connectivity index (χ1) is 11.8. The first-order valence-electron chi connectivity index (χ1n) is 7.53. The summed E-state index contributed by atoms with van der Waals surface area (Å²) in [5.74, 6) is -1.55. The lowest BCUT2D eigenvalue weighted by Crippen LogP contribution is -2.40. The molecule has 0 radical (unpaired) electrons. The molecule has 1 fully saturated rings. The SMILES string of the molecule is COc1ccc(C(=O)O[C@H](C)C(N)=O)cc1S(=O)(=O)N1CCOCC1. The number of hydrogen-bond acceptors (Lipinski definition) is 7. The van der Waals surface area contributed by atoms with E-state index in [1.807, 2.05) is 0 Å². The second-order valence-corrected chi connectivity index (χ2v) is 7.24. The van der Waals surface area contributed by atoms with Gasteiger partial charge < -0.3 is 19.9 Å². The van der Waals surface area contributed by atoms with Crippen molar-refractivity contribution < 1.29 is 32.2 Å². The minimum atomic E-state index is -3.88. The van der Waals surface area contributed by atoms with E-state index in [1.54, 1.807) is 0 Å². The van der Waals surface area contributed by atoms with Crippen molar-refractivity contribution in [2.75, 3.05) is 33.4 Å². The number of amides is 1. The predicted molar refractivity (Wildman–Crippen MR) is 86.6 cm³/mol. The highest BCUT2D eigenvalue weighted by atomic mass is 32.2. The summed E-state index contributed by atoms with van der Waals surface area (Å²) < 4.78 is 42.1. The van der Waals surface area contributed by atoms with Crippen LogP contribution in [0.3, 0.4) is 0 Å². The Labute approximate surface area is 145 Å². The Morgan fingerprint density at radius 2 is 1.92 bits per heavy atom. The van der Waals surface area contributed by atoms with Gasteiger partial charge in [0.05, 0.1) is 25.9 Å². The van der Waals surface area contributed by atoms with Crippen molar-refractivity contribution in [2.45, 2.75) is 17.9 Å². The van der Waals surface area contributed by atoms with Gasteiger partial charge in [0.1, 0.15) is 10.6 Å². The highest BCUT2D eigenvalue weighted by Crippen LogP contribution is 2.28. The Morgan fingerprint density at radius 3 is 2.48 bits per heavy atom. The number of benzene rings is 1. The van der Waals surface area contributed by atoms with Gasteiger partial charge in [0.25, 0.3) is 5.91 Å². The predicted octanol–water partition coefficient (Wildman–Crippen LogP) is -0.253. The van der Waals surface area contributed by atoms with Gasteiger partial charge in [0.15, 0.2) is 6.10 Å². The summed E-state index contributed by atoms with van der Waals surface area (Å²) >= 11 is 0. The Hall–Kier alpha value is -2.17. The molecule has 1 aliphatic heterocycles. The van der Waals surface area contributed by atoms with E-state index < -0.39 is 28.0 Å². The fraction of sp³-hybridized carbons (Fsp3) is 0.467. The van der Waals surface area contributed by atoms with Crippen LogP contribution < -0.4 is 10.5 Å². The highest BCUT2D eigenvalue weighted by molar-refractivity contribution is 7.89. The maximum Gasteiger partial charge on any atom is 0.338 e. The third kappa shape index (κ3) is 4.27. The Balaban J connectivity index is 2.36. The molecule has 1 amide bonds. The third-order valence-electron chi connectivity index (χ3n) is 3.67. The summed E-state index contributed by atoms with van der Waals surface area (Å²) in [6.07, 6.45) is -1.13. The summed E-state index contributed by atoms with van der Waals surface area (Å²) in [5.41, 5.74) is 5.03. The first kappa shape index (κ1) is 19.2. The van der Waals surface area contributed by atoms with Crippen LogP contribution in [0.25, 0.3) is 0 Å². The molecule has 1 aliphatic rings. The van der Waals surface area contributed by atoms with Crippen LogP contribution in [0.2, 0.25) is 0 Å². The molecule has 1 heterocycles. The zero-order valence-corrected chi connectivity index (χ0v) is 14.7. The number of rotatable bonds is 6. The minimum Gasteiger partial charge on any atom is -0.495 e. The summed E-state index contributed by atoms with van der Waals surface area (Å²) in [6.45, 7) is 2.33. The molecular formula is C15H20N2O7S. The number of methoxy groups -OCH3 is 1. The average molecular weight is 372 g/mol. The van der Waals surface area contributed by atoms with Gasteiger partial charge in [-0.1, -0.05) is 0 Å². The van der Waals surface area contributed by atoms with Gasteiger partial charge in [-0.25, -0.2) is 13.2 Å². The standard InChI is InChI=1S/C15H20N2O7S/c1-10(14(16)18)24-15(19)11-3-4-12(22-2)13(9-11)25(20,21)17-5-7-23-8-6-17/h3-4,9-10H,5-8H2,1-2H3,(H2,16,18)/t10-/m1/s1. The van der Waals surface area contributed by atoms with E-state index in [2.05, 4.69) is 0 Å². The smallest absolute Gasteiger partial charge is 0.338 e. The van der Waals surface area contributed by atoms with Crippen molar-refractivity contribution in [3.05, 3.63) is 23.8 Å². The molecule has 0 saturated carbocycles. The second kappa shape index (κ2) is 7.81. The normalized spacial score (nSPS) is 16.9. The number of carbonyl (C=O) groups is 2. The Bertz CT molecular complexity index is 757. The molecule has 1 aromatic carbocycles. The number of morpholine rings is 1. The lowest BCUT2D eigenvalue weighted by molar-refractivity contribution is -0.125. The van der Waals surface area contributed by atoms with Crippen LogP contribution in [0.5, 0.6) is 5.75 Å². The van der Waals surface area contributed by atoms with Crippen molar-refractivity contribution in [3.63, 3.8) is 0 Å². The lowest BCUT2D eigenvalue weighted by atomic mass is 10.2. The molecule has 25 heavy (non-hydrogen) atoms. The van der Waals surface area contributed by atoms with E-state index in [9.17, 15) is 18.0 Å². The van der Waals surface area contributed by atoms with E-state index in [1.165, 1.54) is 36.5 Å². The number of esters is 1. The number of nitrogens with two attached hydrogens (primary N) is 1. The van der Waals surface area contributed by atoms with Crippen LogP contribution in [-0.2, 0) is 24.3 Å². The maximum atomic E-state index is 12.8. The van der Waals surface area contributed by atoms with Crippen molar-refractivity contribution in [2.24, 2.45) is 5.73 Å². The molecule has 0 unspecified atom stereocenters. The molecule has 2 rings (SSSR count). The number of ether oxygens (including phenoxy) is 3. The number of primary amides is 1. The van der Waals surface area contributed by atoms with Crippen LogP contribution in [0.1, 0.15) is 17.3 Å². The second-order valence-electron chi connectivity index (χ2n) is 5.33. The molecule has 10 heteroatoms. The van der Waals surface area contributed by atoms with Gasteiger partial charge in [-0.3, -0.25) is 4.79 Å². The van der Waals surface area contributed by atoms with E-state index >= 15 is 0 Å². The largest absolute Gasteiger partial charge is 0.495 e. The summed E-state index contributed by atoms with van der Waals surface area (Å²) in [7, 11) is -2.54. The van der Waals surface area contributed by atoms with Gasteiger partial charge in [-0.05, 0) is 25.1 Å². The third-order valence-corrected chi connectivity index (χ3v) is 5.59. The highest BCUT2D eigenvalue weighted by Gasteiger charge is 2.30. The summed E-state index contributed by atoms with van der Waals surface area (Å²) in [4.78, 5) is 23.0. The van der Waals surface area contributed by atoms with Crippen LogP contribution in [0.4, 0.5) is 0 Å². The molecule has 138 valence electrons. The van der Waals surface area contributed by atoms with Gasteiger partial charge in [0.2, 0.25) is 10.0 Å². The maximum absolute atomic E-state index is 12.8.